The molecule has 1 saturated carbocycles. The van der Waals surface area contributed by atoms with Crippen molar-refractivity contribution in [2.75, 3.05) is 32.7 Å². The van der Waals surface area contributed by atoms with Gasteiger partial charge in [-0.3, -0.25) is 9.69 Å². The van der Waals surface area contributed by atoms with Crippen LogP contribution in [0.1, 0.15) is 36.2 Å². The van der Waals surface area contributed by atoms with Crippen LogP contribution in [0.15, 0.2) is 30.3 Å². The summed E-state index contributed by atoms with van der Waals surface area (Å²) in [5.74, 6) is 0.0865. The number of nitrogens with one attached hydrogen (secondary N) is 1. The summed E-state index contributed by atoms with van der Waals surface area (Å²) < 4.78 is 0. The maximum Gasteiger partial charge on any atom is 0.270 e. The molecule has 1 saturated heterocycles. The summed E-state index contributed by atoms with van der Waals surface area (Å²) in [6, 6.07) is 9.91. The van der Waals surface area contributed by atoms with E-state index in [0.717, 1.165) is 69.3 Å². The smallest absolute Gasteiger partial charge is 0.270 e. The van der Waals surface area contributed by atoms with E-state index >= 15 is 0 Å². The molecule has 1 amide bonds. The predicted molar refractivity (Wildman–Crippen MR) is 94.1 cm³/mol. The number of piperazine rings is 1. The third-order valence-corrected chi connectivity index (χ3v) is 5.60. The average molecular weight is 327 g/mol. The summed E-state index contributed by atoms with van der Waals surface area (Å²) in [7, 11) is 0. The monoisotopic (exact) mass is 327 g/mol. The zero-order chi connectivity index (χ0) is 16.6. The molecular weight excluding hydrogens is 302 g/mol. The first-order valence-corrected chi connectivity index (χ1v) is 8.95. The predicted octanol–water partition coefficient (Wildman–Crippen LogP) is 2.23. The van der Waals surface area contributed by atoms with Gasteiger partial charge in [0.2, 0.25) is 0 Å². The second-order valence-corrected chi connectivity index (χ2v) is 7.23. The number of rotatable bonds is 4. The van der Waals surface area contributed by atoms with Crippen molar-refractivity contribution in [3.8, 4) is 0 Å². The maximum atomic E-state index is 12.7. The molecule has 2 heterocycles. The van der Waals surface area contributed by atoms with Crippen LogP contribution in [-0.2, 0) is 0 Å². The third kappa shape index (κ3) is 3.06. The van der Waals surface area contributed by atoms with E-state index in [1.165, 1.54) is 0 Å². The second-order valence-electron chi connectivity index (χ2n) is 7.23. The van der Waals surface area contributed by atoms with Gasteiger partial charge in [0.25, 0.3) is 5.91 Å². The van der Waals surface area contributed by atoms with E-state index in [2.05, 4.69) is 9.88 Å². The van der Waals surface area contributed by atoms with E-state index in [4.69, 9.17) is 0 Å². The number of H-pyrrole nitrogens is 1. The fourth-order valence-electron chi connectivity index (χ4n) is 3.73. The summed E-state index contributed by atoms with van der Waals surface area (Å²) in [6.45, 7) is 4.23. The highest BCUT2D eigenvalue weighted by Crippen LogP contribution is 2.34. The van der Waals surface area contributed by atoms with Gasteiger partial charge in [-0.05, 0) is 37.8 Å². The fraction of sp³-hybridized carbons (Fsp3) is 0.526. The summed E-state index contributed by atoms with van der Waals surface area (Å²) in [4.78, 5) is 20.2. The SMILES string of the molecule is O=C(c1cc2ccccc2[nH]1)N1CCN(CCC2(O)CCC2)CC1. The Kier molecular flexibility index (Phi) is 4.06. The Hall–Kier alpha value is -1.85. The van der Waals surface area contributed by atoms with E-state index < -0.39 is 5.60 Å². The van der Waals surface area contributed by atoms with Crippen LogP contribution in [0.5, 0.6) is 0 Å². The molecule has 2 aliphatic rings. The lowest BCUT2D eigenvalue weighted by Gasteiger charge is -2.40. The van der Waals surface area contributed by atoms with E-state index in [1.54, 1.807) is 0 Å². The van der Waals surface area contributed by atoms with Gasteiger partial charge in [-0.2, -0.15) is 0 Å². The topological polar surface area (TPSA) is 59.6 Å². The molecule has 0 spiro atoms. The van der Waals surface area contributed by atoms with Gasteiger partial charge in [0.1, 0.15) is 5.69 Å². The molecule has 5 nitrogen and oxygen atoms in total. The molecule has 0 atom stereocenters. The van der Waals surface area contributed by atoms with E-state index in [9.17, 15) is 9.90 Å². The van der Waals surface area contributed by atoms with Crippen LogP contribution >= 0.6 is 0 Å². The number of aliphatic hydroxyl groups is 1. The van der Waals surface area contributed by atoms with Crippen LogP contribution in [0.4, 0.5) is 0 Å². The van der Waals surface area contributed by atoms with Gasteiger partial charge in [-0.25, -0.2) is 0 Å². The Balaban J connectivity index is 1.32. The Labute approximate surface area is 142 Å². The minimum absolute atomic E-state index is 0.0865. The van der Waals surface area contributed by atoms with Gasteiger partial charge in [0, 0.05) is 43.6 Å². The van der Waals surface area contributed by atoms with Crippen LogP contribution in [0.25, 0.3) is 10.9 Å². The molecular formula is C19H25N3O2. The molecule has 1 aliphatic heterocycles. The van der Waals surface area contributed by atoms with Crippen molar-refractivity contribution in [1.29, 1.82) is 0 Å². The first kappa shape index (κ1) is 15.7. The number of benzene rings is 1. The van der Waals surface area contributed by atoms with Crippen molar-refractivity contribution < 1.29 is 9.90 Å². The molecule has 0 bridgehead atoms. The van der Waals surface area contributed by atoms with Crippen LogP contribution in [0.2, 0.25) is 0 Å². The Morgan fingerprint density at radius 3 is 2.58 bits per heavy atom. The van der Waals surface area contributed by atoms with Crippen molar-refractivity contribution >= 4 is 16.8 Å². The molecule has 2 aromatic rings. The van der Waals surface area contributed by atoms with Crippen LogP contribution in [0.3, 0.4) is 0 Å². The standard InChI is InChI=1S/C19H25N3O2/c23-18(17-14-15-4-1-2-5-16(15)20-17)22-12-10-21(11-13-22)9-8-19(24)6-3-7-19/h1-2,4-5,14,20,24H,3,6-13H2. The first-order chi connectivity index (χ1) is 11.6. The fourth-order valence-corrected chi connectivity index (χ4v) is 3.73. The normalized spacial score (nSPS) is 21.0. The number of hydrogen-bond acceptors (Lipinski definition) is 3. The van der Waals surface area contributed by atoms with E-state index in [-0.39, 0.29) is 5.91 Å². The molecule has 0 unspecified atom stereocenters. The Morgan fingerprint density at radius 1 is 1.17 bits per heavy atom. The van der Waals surface area contributed by atoms with Gasteiger partial charge in [-0.1, -0.05) is 18.2 Å². The number of nitrogens with zero attached hydrogens (tertiary/aromatic N) is 2. The quantitative estimate of drug-likeness (QED) is 0.905. The summed E-state index contributed by atoms with van der Waals surface area (Å²) in [6.07, 6.45) is 3.92. The number of para-hydroxylation sites is 1. The maximum absolute atomic E-state index is 12.7. The van der Waals surface area contributed by atoms with Crippen molar-refractivity contribution in [3.05, 3.63) is 36.0 Å². The zero-order valence-electron chi connectivity index (χ0n) is 14.0. The van der Waals surface area contributed by atoms with Crippen LogP contribution < -0.4 is 0 Å². The number of carbonyl (C=O) groups excluding carboxylic acids is 1. The molecule has 0 radical (unpaired) electrons. The number of aromatic amines is 1. The largest absolute Gasteiger partial charge is 0.390 e. The summed E-state index contributed by atoms with van der Waals surface area (Å²) in [5.41, 5.74) is 1.28. The number of amides is 1. The van der Waals surface area contributed by atoms with E-state index in [1.807, 2.05) is 35.2 Å². The minimum Gasteiger partial charge on any atom is -0.390 e. The molecule has 2 N–H and O–H groups in total. The lowest BCUT2D eigenvalue weighted by atomic mass is 9.78. The number of carbonyl (C=O) groups is 1. The number of hydrogen-bond donors (Lipinski definition) is 2. The summed E-state index contributed by atoms with van der Waals surface area (Å²) >= 11 is 0. The molecule has 1 aromatic heterocycles. The molecule has 128 valence electrons. The molecule has 2 fully saturated rings. The highest BCUT2D eigenvalue weighted by Gasteiger charge is 2.34. The van der Waals surface area contributed by atoms with Gasteiger partial charge >= 0.3 is 0 Å². The Bertz CT molecular complexity index is 694. The van der Waals surface area contributed by atoms with Crippen molar-refractivity contribution in [2.24, 2.45) is 0 Å². The van der Waals surface area contributed by atoms with Gasteiger partial charge in [-0.15, -0.1) is 0 Å². The van der Waals surface area contributed by atoms with Gasteiger partial charge in [0.15, 0.2) is 0 Å². The zero-order valence-corrected chi connectivity index (χ0v) is 14.0. The van der Waals surface area contributed by atoms with Crippen molar-refractivity contribution in [2.45, 2.75) is 31.3 Å². The molecule has 4 rings (SSSR count). The molecule has 5 heteroatoms. The lowest BCUT2D eigenvalue weighted by Crippen LogP contribution is -2.50. The second kappa shape index (κ2) is 6.22. The Morgan fingerprint density at radius 2 is 1.92 bits per heavy atom. The number of fused-ring (bicyclic) bond motifs is 1. The molecule has 1 aliphatic carbocycles. The highest BCUT2D eigenvalue weighted by atomic mass is 16.3. The highest BCUT2D eigenvalue weighted by molar-refractivity contribution is 5.98. The number of aromatic nitrogens is 1. The minimum atomic E-state index is -0.405. The van der Waals surface area contributed by atoms with Crippen LogP contribution in [0, 0.1) is 0 Å². The van der Waals surface area contributed by atoms with Crippen molar-refractivity contribution in [1.82, 2.24) is 14.8 Å². The van der Waals surface area contributed by atoms with E-state index in [0.29, 0.717) is 5.69 Å². The summed E-state index contributed by atoms with van der Waals surface area (Å²) in [5, 5.41) is 11.3. The van der Waals surface area contributed by atoms with Crippen molar-refractivity contribution in [3.63, 3.8) is 0 Å². The molecule has 24 heavy (non-hydrogen) atoms. The molecule has 1 aromatic carbocycles. The third-order valence-electron chi connectivity index (χ3n) is 5.60. The van der Waals surface area contributed by atoms with Gasteiger partial charge < -0.3 is 15.0 Å². The van der Waals surface area contributed by atoms with Gasteiger partial charge in [0.05, 0.1) is 5.60 Å². The average Bonchev–Trinajstić information content (AvgIpc) is 3.02. The first-order valence-electron chi connectivity index (χ1n) is 8.95. The van der Waals surface area contributed by atoms with Crippen LogP contribution in [-0.4, -0.2) is 64.1 Å². The lowest BCUT2D eigenvalue weighted by molar-refractivity contribution is -0.0481.